The molecule has 0 radical (unpaired) electrons. The molecule has 0 aliphatic rings. The van der Waals surface area contributed by atoms with Gasteiger partial charge in [-0.1, -0.05) is 6.07 Å². The number of anilines is 2. The van der Waals surface area contributed by atoms with Crippen LogP contribution in [0.5, 0.6) is 0 Å². The van der Waals surface area contributed by atoms with Crippen molar-refractivity contribution in [1.82, 2.24) is 4.98 Å². The lowest BCUT2D eigenvalue weighted by atomic mass is 10.1. The van der Waals surface area contributed by atoms with E-state index in [4.69, 9.17) is 0 Å². The van der Waals surface area contributed by atoms with Crippen molar-refractivity contribution in [3.8, 4) is 0 Å². The average Bonchev–Trinajstić information content (AvgIpc) is 2.31. The minimum absolute atomic E-state index is 0.0515. The maximum Gasteiger partial charge on any atom is 0.339 e. The Morgan fingerprint density at radius 2 is 1.95 bits per heavy atom. The SMILES string of the molecule is Cc1ccc(Nc2nc(C)cc(C)c2C(=O)O)c(F)c1. The Bertz CT molecular complexity index is 684. The van der Waals surface area contributed by atoms with Crippen LogP contribution in [0.3, 0.4) is 0 Å². The zero-order valence-electron chi connectivity index (χ0n) is 11.5. The van der Waals surface area contributed by atoms with Gasteiger partial charge in [-0.2, -0.15) is 0 Å². The molecule has 2 N–H and O–H groups in total. The summed E-state index contributed by atoms with van der Waals surface area (Å²) >= 11 is 0. The topological polar surface area (TPSA) is 62.2 Å². The Hall–Kier alpha value is -2.43. The van der Waals surface area contributed by atoms with Crippen LogP contribution in [-0.4, -0.2) is 16.1 Å². The summed E-state index contributed by atoms with van der Waals surface area (Å²) in [5.41, 5.74) is 2.30. The second-order valence-corrected chi connectivity index (χ2v) is 4.72. The lowest BCUT2D eigenvalue weighted by Gasteiger charge is -2.12. The van der Waals surface area contributed by atoms with Crippen molar-refractivity contribution in [2.45, 2.75) is 20.8 Å². The van der Waals surface area contributed by atoms with Gasteiger partial charge in [0.1, 0.15) is 17.2 Å². The van der Waals surface area contributed by atoms with Crippen molar-refractivity contribution >= 4 is 17.5 Å². The fourth-order valence-electron chi connectivity index (χ4n) is 2.05. The van der Waals surface area contributed by atoms with Gasteiger partial charge in [-0.25, -0.2) is 14.2 Å². The lowest BCUT2D eigenvalue weighted by molar-refractivity contribution is 0.0697. The molecule has 5 heteroatoms. The van der Waals surface area contributed by atoms with E-state index in [1.165, 1.54) is 6.07 Å². The molecular formula is C15H15FN2O2. The van der Waals surface area contributed by atoms with E-state index in [2.05, 4.69) is 10.3 Å². The van der Waals surface area contributed by atoms with Gasteiger partial charge >= 0.3 is 5.97 Å². The van der Waals surface area contributed by atoms with E-state index >= 15 is 0 Å². The van der Waals surface area contributed by atoms with Gasteiger partial charge in [-0.05, 0) is 50.1 Å². The van der Waals surface area contributed by atoms with E-state index in [0.717, 1.165) is 5.56 Å². The highest BCUT2D eigenvalue weighted by Crippen LogP contribution is 2.25. The van der Waals surface area contributed by atoms with E-state index in [-0.39, 0.29) is 17.1 Å². The number of aromatic carboxylic acids is 1. The summed E-state index contributed by atoms with van der Waals surface area (Å²) in [7, 11) is 0. The van der Waals surface area contributed by atoms with Gasteiger partial charge in [0, 0.05) is 5.69 Å². The molecule has 0 fully saturated rings. The number of carbonyl (C=O) groups is 1. The van der Waals surface area contributed by atoms with Gasteiger partial charge in [-0.3, -0.25) is 0 Å². The third-order valence-corrected chi connectivity index (χ3v) is 2.94. The standard InChI is InChI=1S/C15H15FN2O2/c1-8-4-5-12(11(16)6-8)18-14-13(15(19)20)9(2)7-10(3)17-14/h4-7H,1-3H3,(H,17,18)(H,19,20). The minimum atomic E-state index is -1.09. The van der Waals surface area contributed by atoms with Crippen LogP contribution in [0.15, 0.2) is 24.3 Å². The number of carboxylic acids is 1. The van der Waals surface area contributed by atoms with E-state index in [1.807, 2.05) is 0 Å². The summed E-state index contributed by atoms with van der Waals surface area (Å²) in [5.74, 6) is -1.38. The van der Waals surface area contributed by atoms with Crippen LogP contribution in [0.4, 0.5) is 15.9 Å². The molecule has 0 saturated heterocycles. The van der Waals surface area contributed by atoms with Crippen molar-refractivity contribution in [1.29, 1.82) is 0 Å². The Morgan fingerprint density at radius 3 is 2.55 bits per heavy atom. The molecule has 0 aliphatic carbocycles. The van der Waals surface area contributed by atoms with Crippen LogP contribution in [0.2, 0.25) is 0 Å². The molecule has 1 heterocycles. The van der Waals surface area contributed by atoms with Gasteiger partial charge in [0.2, 0.25) is 0 Å². The molecular weight excluding hydrogens is 259 g/mol. The van der Waals surface area contributed by atoms with Gasteiger partial charge < -0.3 is 10.4 Å². The summed E-state index contributed by atoms with van der Waals surface area (Å²) in [4.78, 5) is 15.5. The number of hydrogen-bond acceptors (Lipinski definition) is 3. The number of hydrogen-bond donors (Lipinski definition) is 2. The number of carboxylic acid groups (broad SMARTS) is 1. The third-order valence-electron chi connectivity index (χ3n) is 2.94. The van der Waals surface area contributed by atoms with E-state index < -0.39 is 11.8 Å². The molecule has 0 saturated carbocycles. The molecule has 104 valence electrons. The Balaban J connectivity index is 2.50. The molecule has 2 rings (SSSR count). The Morgan fingerprint density at radius 1 is 1.25 bits per heavy atom. The van der Waals surface area contributed by atoms with Crippen molar-refractivity contribution in [2.75, 3.05) is 5.32 Å². The first kappa shape index (κ1) is 14.0. The number of nitrogens with zero attached hydrogens (tertiary/aromatic N) is 1. The van der Waals surface area contributed by atoms with Crippen molar-refractivity contribution in [2.24, 2.45) is 0 Å². The molecule has 0 atom stereocenters. The third kappa shape index (κ3) is 2.77. The van der Waals surface area contributed by atoms with Crippen LogP contribution < -0.4 is 5.32 Å². The first-order valence-electron chi connectivity index (χ1n) is 6.13. The van der Waals surface area contributed by atoms with Crippen LogP contribution in [0, 0.1) is 26.6 Å². The quantitative estimate of drug-likeness (QED) is 0.897. The average molecular weight is 274 g/mol. The number of rotatable bonds is 3. The fraction of sp³-hybridized carbons (Fsp3) is 0.200. The van der Waals surface area contributed by atoms with E-state index in [1.54, 1.807) is 39.0 Å². The predicted molar refractivity (Wildman–Crippen MR) is 75.1 cm³/mol. The zero-order valence-corrected chi connectivity index (χ0v) is 11.5. The first-order chi connectivity index (χ1) is 9.38. The molecule has 0 unspecified atom stereocenters. The van der Waals surface area contributed by atoms with Gasteiger partial charge in [0.15, 0.2) is 0 Å². The summed E-state index contributed by atoms with van der Waals surface area (Å²) in [6, 6.07) is 6.37. The molecule has 20 heavy (non-hydrogen) atoms. The highest BCUT2D eigenvalue weighted by Gasteiger charge is 2.16. The molecule has 1 aromatic carbocycles. The number of pyridine rings is 1. The number of aryl methyl sites for hydroxylation is 3. The van der Waals surface area contributed by atoms with Crippen LogP contribution in [0.25, 0.3) is 0 Å². The Labute approximate surface area is 116 Å². The van der Waals surface area contributed by atoms with Gasteiger partial charge in [-0.15, -0.1) is 0 Å². The molecule has 2 aromatic rings. The Kier molecular flexibility index (Phi) is 3.70. The number of aromatic nitrogens is 1. The molecule has 0 amide bonds. The highest BCUT2D eigenvalue weighted by atomic mass is 19.1. The number of nitrogens with one attached hydrogen (secondary N) is 1. The second-order valence-electron chi connectivity index (χ2n) is 4.72. The summed E-state index contributed by atoms with van der Waals surface area (Å²) < 4.78 is 13.8. The van der Waals surface area contributed by atoms with E-state index in [9.17, 15) is 14.3 Å². The van der Waals surface area contributed by atoms with Crippen molar-refractivity contribution in [3.63, 3.8) is 0 Å². The largest absolute Gasteiger partial charge is 0.478 e. The molecule has 0 aliphatic heterocycles. The van der Waals surface area contributed by atoms with Gasteiger partial charge in [0.05, 0.1) is 5.69 Å². The second kappa shape index (κ2) is 5.28. The first-order valence-corrected chi connectivity index (χ1v) is 6.13. The van der Waals surface area contributed by atoms with Crippen molar-refractivity contribution < 1.29 is 14.3 Å². The monoisotopic (exact) mass is 274 g/mol. The zero-order chi connectivity index (χ0) is 14.9. The van der Waals surface area contributed by atoms with Crippen molar-refractivity contribution in [3.05, 3.63) is 52.5 Å². The van der Waals surface area contributed by atoms with Crippen LogP contribution in [0.1, 0.15) is 27.2 Å². The smallest absolute Gasteiger partial charge is 0.339 e. The molecule has 1 aromatic heterocycles. The normalized spacial score (nSPS) is 10.4. The molecule has 4 nitrogen and oxygen atoms in total. The summed E-state index contributed by atoms with van der Waals surface area (Å²) in [5, 5.41) is 12.0. The molecule has 0 bridgehead atoms. The predicted octanol–water partition coefficient (Wildman–Crippen LogP) is 3.59. The lowest BCUT2D eigenvalue weighted by Crippen LogP contribution is -2.09. The minimum Gasteiger partial charge on any atom is -0.478 e. The van der Waals surface area contributed by atoms with Gasteiger partial charge in [0.25, 0.3) is 0 Å². The maximum absolute atomic E-state index is 13.8. The van der Waals surface area contributed by atoms with E-state index in [0.29, 0.717) is 11.3 Å². The summed E-state index contributed by atoms with van der Waals surface area (Å²) in [6.07, 6.45) is 0. The van der Waals surface area contributed by atoms with Crippen LogP contribution in [-0.2, 0) is 0 Å². The number of benzene rings is 1. The maximum atomic E-state index is 13.8. The van der Waals surface area contributed by atoms with Crippen LogP contribution >= 0.6 is 0 Å². The summed E-state index contributed by atoms with van der Waals surface area (Å²) in [6.45, 7) is 5.23. The fourth-order valence-corrected chi connectivity index (χ4v) is 2.05. The highest BCUT2D eigenvalue weighted by molar-refractivity contribution is 5.95. The number of halogens is 1. The molecule has 0 spiro atoms.